The number of hydrogen-bond acceptors (Lipinski definition) is 3. The molecule has 0 saturated heterocycles. The van der Waals surface area contributed by atoms with Gasteiger partial charge in [-0.3, -0.25) is 0 Å². The minimum absolute atomic E-state index is 0.701. The van der Waals surface area contributed by atoms with Gasteiger partial charge in [0.15, 0.2) is 11.5 Å². The lowest BCUT2D eigenvalue weighted by Gasteiger charge is -2.33. The first-order chi connectivity index (χ1) is 20.7. The third-order valence-corrected chi connectivity index (χ3v) is 8.29. The molecule has 0 amide bonds. The highest BCUT2D eigenvalue weighted by molar-refractivity contribution is 6.30. The second kappa shape index (κ2) is 9.76. The summed E-state index contributed by atoms with van der Waals surface area (Å²) in [7, 11) is 0. The highest BCUT2D eigenvalue weighted by Crippen LogP contribution is 2.52. The Morgan fingerprint density at radius 1 is 0.619 bits per heavy atom. The van der Waals surface area contributed by atoms with Crippen LogP contribution in [0.2, 0.25) is 5.02 Å². The van der Waals surface area contributed by atoms with E-state index >= 15 is 0 Å². The zero-order valence-electron chi connectivity index (χ0n) is 22.9. The number of fused-ring (bicyclic) bond motifs is 4. The molecular formula is C38H25ClN2O. The third-order valence-electron chi connectivity index (χ3n) is 8.04. The predicted molar refractivity (Wildman–Crippen MR) is 175 cm³/mol. The van der Waals surface area contributed by atoms with Crippen LogP contribution in [0.4, 0.5) is 17.1 Å². The van der Waals surface area contributed by atoms with E-state index in [2.05, 4.69) is 84.6 Å². The van der Waals surface area contributed by atoms with Crippen molar-refractivity contribution in [1.82, 2.24) is 4.98 Å². The third kappa shape index (κ3) is 3.93. The summed E-state index contributed by atoms with van der Waals surface area (Å²) in [5, 5.41) is 4.24. The highest BCUT2D eigenvalue weighted by Gasteiger charge is 2.28. The van der Waals surface area contributed by atoms with Crippen LogP contribution in [0.5, 0.6) is 11.5 Å². The quantitative estimate of drug-likeness (QED) is 0.215. The van der Waals surface area contributed by atoms with Crippen LogP contribution in [0, 0.1) is 6.92 Å². The number of ether oxygens (including phenoxy) is 1. The van der Waals surface area contributed by atoms with E-state index in [1.165, 1.54) is 21.9 Å². The Hall–Kier alpha value is -5.12. The Balaban J connectivity index is 1.49. The maximum Gasteiger partial charge on any atom is 0.151 e. The van der Waals surface area contributed by atoms with Gasteiger partial charge in [0.05, 0.1) is 28.3 Å². The van der Waals surface area contributed by atoms with Crippen LogP contribution >= 0.6 is 11.6 Å². The minimum atomic E-state index is 0.701. The molecule has 0 N–H and O–H groups in total. The summed E-state index contributed by atoms with van der Waals surface area (Å²) in [4.78, 5) is 7.68. The van der Waals surface area contributed by atoms with E-state index in [1.54, 1.807) is 0 Å². The summed E-state index contributed by atoms with van der Waals surface area (Å²) < 4.78 is 6.34. The molecule has 3 nitrogen and oxygen atoms in total. The lowest BCUT2D eigenvalue weighted by Crippen LogP contribution is -2.16. The number of hydrogen-bond donors (Lipinski definition) is 0. The molecule has 0 aliphatic carbocycles. The second-order valence-corrected chi connectivity index (χ2v) is 11.0. The van der Waals surface area contributed by atoms with E-state index in [-0.39, 0.29) is 0 Å². The van der Waals surface area contributed by atoms with E-state index in [0.29, 0.717) is 5.02 Å². The molecule has 4 heteroatoms. The van der Waals surface area contributed by atoms with Gasteiger partial charge in [-0.05, 0) is 82.9 Å². The van der Waals surface area contributed by atoms with Gasteiger partial charge in [0, 0.05) is 16.0 Å². The lowest BCUT2D eigenvalue weighted by atomic mass is 9.91. The molecule has 2 heterocycles. The Bertz CT molecular complexity index is 2100. The maximum absolute atomic E-state index is 6.34. The van der Waals surface area contributed by atoms with Crippen LogP contribution in [0.1, 0.15) is 5.56 Å². The summed E-state index contributed by atoms with van der Waals surface area (Å²) in [6, 6.07) is 46.0. The maximum atomic E-state index is 6.34. The number of para-hydroxylation sites is 4. The number of halogens is 1. The van der Waals surface area contributed by atoms with Crippen molar-refractivity contribution in [2.24, 2.45) is 0 Å². The highest BCUT2D eigenvalue weighted by atomic mass is 35.5. The van der Waals surface area contributed by atoms with Crippen molar-refractivity contribution in [3.05, 3.63) is 144 Å². The number of pyridine rings is 1. The SMILES string of the molecule is Cc1ccc(N2c3ccccc3Oc3ccccc32)c2nc(-c3ccc(Cl)cc3)cc(-c3cccc4ccccc34)c12. The van der Waals surface area contributed by atoms with Crippen LogP contribution in [0.25, 0.3) is 44.1 Å². The molecule has 8 rings (SSSR count). The number of aryl methyl sites for hydroxylation is 1. The van der Waals surface area contributed by atoms with Crippen LogP contribution in [0.3, 0.4) is 0 Å². The van der Waals surface area contributed by atoms with Crippen LogP contribution in [-0.4, -0.2) is 4.98 Å². The number of aromatic nitrogens is 1. The normalized spacial score (nSPS) is 12.2. The summed E-state index contributed by atoms with van der Waals surface area (Å²) in [5.74, 6) is 1.63. The van der Waals surface area contributed by atoms with Gasteiger partial charge in [-0.15, -0.1) is 0 Å². The molecule has 0 fully saturated rings. The van der Waals surface area contributed by atoms with Crippen LogP contribution in [-0.2, 0) is 0 Å². The summed E-state index contributed by atoms with van der Waals surface area (Å²) in [6.45, 7) is 2.17. The van der Waals surface area contributed by atoms with Gasteiger partial charge in [-0.1, -0.05) is 96.5 Å². The van der Waals surface area contributed by atoms with E-state index < -0.39 is 0 Å². The molecule has 0 radical (unpaired) electrons. The number of rotatable bonds is 3. The van der Waals surface area contributed by atoms with Crippen molar-refractivity contribution in [1.29, 1.82) is 0 Å². The molecule has 0 unspecified atom stereocenters. The van der Waals surface area contributed by atoms with Crippen molar-refractivity contribution in [2.75, 3.05) is 4.90 Å². The topological polar surface area (TPSA) is 25.4 Å². The molecule has 0 spiro atoms. The average molecular weight is 561 g/mol. The molecule has 7 aromatic rings. The fourth-order valence-electron chi connectivity index (χ4n) is 6.08. The van der Waals surface area contributed by atoms with Gasteiger partial charge < -0.3 is 9.64 Å². The Kier molecular flexibility index (Phi) is 5.73. The molecule has 0 atom stereocenters. The fraction of sp³-hybridized carbons (Fsp3) is 0.0263. The predicted octanol–water partition coefficient (Wildman–Crippen LogP) is 11.3. The zero-order chi connectivity index (χ0) is 28.2. The van der Waals surface area contributed by atoms with Gasteiger partial charge >= 0.3 is 0 Å². The first-order valence-electron chi connectivity index (χ1n) is 14.0. The standard InChI is InChI=1S/C38H25ClN2O/c1-24-17-22-34(41-32-13-4-6-15-35(32)42-36-16-7-5-14-33(36)41)38-37(24)30(23-31(40-38)26-18-20-27(39)21-19-26)29-12-8-10-25-9-2-3-11-28(25)29/h2-23H,1H3. The van der Waals surface area contributed by atoms with E-state index in [9.17, 15) is 0 Å². The van der Waals surface area contributed by atoms with E-state index in [4.69, 9.17) is 21.3 Å². The lowest BCUT2D eigenvalue weighted by molar-refractivity contribution is 0.477. The Morgan fingerprint density at radius 3 is 2.05 bits per heavy atom. The second-order valence-electron chi connectivity index (χ2n) is 10.6. The molecule has 200 valence electrons. The number of anilines is 3. The molecule has 1 aromatic heterocycles. The smallest absolute Gasteiger partial charge is 0.151 e. The molecule has 42 heavy (non-hydrogen) atoms. The first-order valence-corrected chi connectivity index (χ1v) is 14.4. The van der Waals surface area contributed by atoms with Crippen LogP contribution in [0.15, 0.2) is 133 Å². The van der Waals surface area contributed by atoms with Crippen molar-refractivity contribution < 1.29 is 4.74 Å². The number of nitrogens with zero attached hydrogens (tertiary/aromatic N) is 2. The average Bonchev–Trinajstić information content (AvgIpc) is 3.04. The molecule has 0 saturated carbocycles. The van der Waals surface area contributed by atoms with Gasteiger partial charge in [-0.25, -0.2) is 4.98 Å². The molecular weight excluding hydrogens is 536 g/mol. The van der Waals surface area contributed by atoms with E-state index in [0.717, 1.165) is 56.3 Å². The van der Waals surface area contributed by atoms with Crippen molar-refractivity contribution in [3.63, 3.8) is 0 Å². The monoisotopic (exact) mass is 560 g/mol. The Morgan fingerprint density at radius 2 is 1.29 bits per heavy atom. The van der Waals surface area contributed by atoms with Crippen molar-refractivity contribution in [2.45, 2.75) is 6.92 Å². The van der Waals surface area contributed by atoms with Crippen molar-refractivity contribution in [3.8, 4) is 33.9 Å². The summed E-state index contributed by atoms with van der Waals surface area (Å²) >= 11 is 6.29. The molecule has 1 aliphatic heterocycles. The first kappa shape index (κ1) is 24.7. The Labute approximate surface area is 249 Å². The van der Waals surface area contributed by atoms with E-state index in [1.807, 2.05) is 60.7 Å². The van der Waals surface area contributed by atoms with Gasteiger partial charge in [0.1, 0.15) is 0 Å². The minimum Gasteiger partial charge on any atom is -0.453 e. The van der Waals surface area contributed by atoms with Gasteiger partial charge in [0.25, 0.3) is 0 Å². The molecule has 1 aliphatic rings. The summed E-state index contributed by atoms with van der Waals surface area (Å²) in [5.41, 5.74) is 9.28. The van der Waals surface area contributed by atoms with Gasteiger partial charge in [-0.2, -0.15) is 0 Å². The fourth-order valence-corrected chi connectivity index (χ4v) is 6.21. The summed E-state index contributed by atoms with van der Waals surface area (Å²) in [6.07, 6.45) is 0. The molecule has 0 bridgehead atoms. The number of benzene rings is 6. The largest absolute Gasteiger partial charge is 0.453 e. The van der Waals surface area contributed by atoms with Crippen molar-refractivity contribution >= 4 is 50.3 Å². The van der Waals surface area contributed by atoms with Gasteiger partial charge in [0.2, 0.25) is 0 Å². The molecule has 6 aromatic carbocycles. The zero-order valence-corrected chi connectivity index (χ0v) is 23.6. The van der Waals surface area contributed by atoms with Crippen LogP contribution < -0.4 is 9.64 Å².